The third-order valence-corrected chi connectivity index (χ3v) is 8.42. The molecule has 0 saturated carbocycles. The zero-order valence-electron chi connectivity index (χ0n) is 22.9. The largest absolute Gasteiger partial charge is 0.350 e. The van der Waals surface area contributed by atoms with Gasteiger partial charge in [-0.05, 0) is 68.4 Å². The van der Waals surface area contributed by atoms with Crippen LogP contribution in [0.2, 0.25) is 0 Å². The molecule has 3 aromatic heterocycles. The molecule has 0 spiro atoms. The van der Waals surface area contributed by atoms with Gasteiger partial charge in [0.2, 0.25) is 0 Å². The van der Waals surface area contributed by atoms with Crippen molar-refractivity contribution in [2.24, 2.45) is 0 Å². The molecule has 5 rings (SSSR count). The van der Waals surface area contributed by atoms with Crippen molar-refractivity contribution in [3.8, 4) is 11.4 Å². The minimum Gasteiger partial charge on any atom is -0.350 e. The first-order valence-corrected chi connectivity index (χ1v) is 15.0. The molecule has 4 heterocycles. The maximum Gasteiger partial charge on any atom is 0.280 e. The van der Waals surface area contributed by atoms with Crippen molar-refractivity contribution in [2.75, 3.05) is 31.3 Å². The highest BCUT2D eigenvalue weighted by molar-refractivity contribution is 7.90. The first-order chi connectivity index (χ1) is 19.4. The van der Waals surface area contributed by atoms with E-state index in [0.29, 0.717) is 46.9 Å². The molecular formula is C29H30F2N6O3S. The van der Waals surface area contributed by atoms with Crippen LogP contribution in [0.3, 0.4) is 0 Å². The minimum atomic E-state index is -3.47. The molecule has 12 heteroatoms. The fourth-order valence-electron chi connectivity index (χ4n) is 4.94. The fraction of sp³-hybridized carbons (Fsp3) is 0.310. The number of alkyl halides is 2. The molecule has 1 fully saturated rings. The van der Waals surface area contributed by atoms with Gasteiger partial charge >= 0.3 is 0 Å². The second-order valence-electron chi connectivity index (χ2n) is 10.2. The van der Waals surface area contributed by atoms with Gasteiger partial charge in [-0.25, -0.2) is 27.2 Å². The summed E-state index contributed by atoms with van der Waals surface area (Å²) >= 11 is 0. The molecule has 1 saturated heterocycles. The SMILES string of the molecule is CN[C@H]1CCN(c2cccc(-c3ccc4cnc(CNC(=O)c5ccc(C)c(S(C)(=O)=O)c5)cc4n3)n2)CC1(F)F. The van der Waals surface area contributed by atoms with E-state index < -0.39 is 34.3 Å². The number of carbonyl (C=O) groups excluding carboxylic acids is 1. The van der Waals surface area contributed by atoms with Gasteiger partial charge in [0.15, 0.2) is 9.84 Å². The molecule has 1 atom stereocenters. The smallest absolute Gasteiger partial charge is 0.280 e. The van der Waals surface area contributed by atoms with Crippen molar-refractivity contribution < 1.29 is 22.0 Å². The number of aromatic nitrogens is 3. The highest BCUT2D eigenvalue weighted by atomic mass is 32.2. The molecule has 0 bridgehead atoms. The Kier molecular flexibility index (Phi) is 7.71. The summed E-state index contributed by atoms with van der Waals surface area (Å²) in [4.78, 5) is 28.2. The average molecular weight is 581 g/mol. The number of pyridine rings is 3. The average Bonchev–Trinajstić information content (AvgIpc) is 2.94. The Morgan fingerprint density at radius 1 is 1.10 bits per heavy atom. The second-order valence-corrected chi connectivity index (χ2v) is 12.2. The molecule has 0 aliphatic carbocycles. The van der Waals surface area contributed by atoms with Crippen molar-refractivity contribution in [3.63, 3.8) is 0 Å². The maximum atomic E-state index is 14.5. The molecule has 4 aromatic rings. The number of carbonyl (C=O) groups is 1. The standard InChI is InChI=1S/C29H30F2N6O3S/c1-18-7-8-19(13-25(18)41(3,39)40)28(38)34-16-21-14-24-20(15-33-21)9-10-23(35-24)22-5-4-6-27(36-22)37-12-11-26(32-2)29(30,31)17-37/h4-10,13-15,26,32H,11-12,16-17H2,1-3H3,(H,34,38)/t26-/m0/s1. The number of benzene rings is 1. The summed E-state index contributed by atoms with van der Waals surface area (Å²) in [7, 11) is -1.92. The third kappa shape index (κ3) is 6.18. The maximum absolute atomic E-state index is 14.5. The molecule has 0 radical (unpaired) electrons. The number of amides is 1. The Labute approximate surface area is 237 Å². The number of fused-ring (bicyclic) bond motifs is 1. The van der Waals surface area contributed by atoms with E-state index in [4.69, 9.17) is 4.98 Å². The lowest BCUT2D eigenvalue weighted by Crippen LogP contribution is -2.56. The van der Waals surface area contributed by atoms with Gasteiger partial charge in [0, 0.05) is 29.9 Å². The lowest BCUT2D eigenvalue weighted by molar-refractivity contribution is -0.0404. The molecular weight excluding hydrogens is 550 g/mol. The number of halogens is 2. The molecule has 1 aromatic carbocycles. The van der Waals surface area contributed by atoms with Crippen molar-refractivity contribution in [2.45, 2.75) is 36.7 Å². The number of sulfone groups is 1. The topological polar surface area (TPSA) is 117 Å². The summed E-state index contributed by atoms with van der Waals surface area (Å²) in [6, 6.07) is 14.4. The van der Waals surface area contributed by atoms with Crippen LogP contribution in [0.15, 0.2) is 65.7 Å². The number of hydrogen-bond acceptors (Lipinski definition) is 8. The van der Waals surface area contributed by atoms with Gasteiger partial charge in [0.05, 0.1) is 46.6 Å². The first kappa shape index (κ1) is 28.5. The molecule has 9 nitrogen and oxygen atoms in total. The van der Waals surface area contributed by atoms with Crippen LogP contribution in [0.25, 0.3) is 22.3 Å². The monoisotopic (exact) mass is 580 g/mol. The molecule has 0 unspecified atom stereocenters. The summed E-state index contributed by atoms with van der Waals surface area (Å²) in [6.45, 7) is 1.82. The molecule has 1 aliphatic heterocycles. The van der Waals surface area contributed by atoms with E-state index in [2.05, 4.69) is 20.6 Å². The van der Waals surface area contributed by atoms with Crippen LogP contribution in [-0.4, -0.2) is 67.6 Å². The summed E-state index contributed by atoms with van der Waals surface area (Å²) in [6.07, 6.45) is 3.06. The van der Waals surface area contributed by atoms with Crippen LogP contribution in [0.1, 0.15) is 28.0 Å². The van der Waals surface area contributed by atoms with Gasteiger partial charge < -0.3 is 15.5 Å². The Hall–Kier alpha value is -4.03. The third-order valence-electron chi connectivity index (χ3n) is 7.18. The van der Waals surface area contributed by atoms with Gasteiger partial charge in [0.25, 0.3) is 11.8 Å². The van der Waals surface area contributed by atoms with E-state index in [1.165, 1.54) is 6.07 Å². The van der Waals surface area contributed by atoms with Crippen LogP contribution in [-0.2, 0) is 16.4 Å². The van der Waals surface area contributed by atoms with Crippen LogP contribution in [0, 0.1) is 6.92 Å². The molecule has 1 aliphatic rings. The number of aryl methyl sites for hydroxylation is 1. The van der Waals surface area contributed by atoms with E-state index in [1.807, 2.05) is 6.07 Å². The van der Waals surface area contributed by atoms with E-state index in [9.17, 15) is 22.0 Å². The van der Waals surface area contributed by atoms with Gasteiger partial charge in [-0.15, -0.1) is 0 Å². The Bertz CT molecular complexity index is 1730. The zero-order valence-corrected chi connectivity index (χ0v) is 23.7. The van der Waals surface area contributed by atoms with Crippen molar-refractivity contribution in [1.29, 1.82) is 0 Å². The summed E-state index contributed by atoms with van der Waals surface area (Å²) < 4.78 is 53.1. The molecule has 41 heavy (non-hydrogen) atoms. The van der Waals surface area contributed by atoms with Gasteiger partial charge in [-0.1, -0.05) is 12.1 Å². The van der Waals surface area contributed by atoms with Crippen molar-refractivity contribution in [1.82, 2.24) is 25.6 Å². The number of anilines is 1. The second kappa shape index (κ2) is 11.1. The van der Waals surface area contributed by atoms with Gasteiger partial charge in [-0.2, -0.15) is 0 Å². The number of piperidine rings is 1. The van der Waals surface area contributed by atoms with Crippen molar-refractivity contribution in [3.05, 3.63) is 77.6 Å². The molecule has 1 amide bonds. The number of rotatable bonds is 7. The predicted molar refractivity (Wildman–Crippen MR) is 153 cm³/mol. The van der Waals surface area contributed by atoms with Crippen molar-refractivity contribution >= 4 is 32.5 Å². The van der Waals surface area contributed by atoms with Crippen LogP contribution in [0.4, 0.5) is 14.6 Å². The predicted octanol–water partition coefficient (Wildman–Crippen LogP) is 3.77. The lowest BCUT2D eigenvalue weighted by Gasteiger charge is -2.38. The highest BCUT2D eigenvalue weighted by Gasteiger charge is 2.44. The zero-order chi connectivity index (χ0) is 29.4. The summed E-state index contributed by atoms with van der Waals surface area (Å²) in [5.41, 5.74) is 3.11. The Balaban J connectivity index is 1.33. The Morgan fingerprint density at radius 2 is 1.88 bits per heavy atom. The van der Waals surface area contributed by atoms with Crippen LogP contribution < -0.4 is 15.5 Å². The van der Waals surface area contributed by atoms with Crippen LogP contribution in [0.5, 0.6) is 0 Å². The number of nitrogens with zero attached hydrogens (tertiary/aromatic N) is 4. The van der Waals surface area contributed by atoms with Gasteiger partial charge in [0.1, 0.15) is 5.82 Å². The van der Waals surface area contributed by atoms with E-state index in [-0.39, 0.29) is 17.0 Å². The Morgan fingerprint density at radius 3 is 2.61 bits per heavy atom. The number of hydrogen-bond donors (Lipinski definition) is 2. The minimum absolute atomic E-state index is 0.104. The number of nitrogens with one attached hydrogen (secondary N) is 2. The molecule has 2 N–H and O–H groups in total. The van der Waals surface area contributed by atoms with Crippen LogP contribution >= 0.6 is 0 Å². The van der Waals surface area contributed by atoms with E-state index >= 15 is 0 Å². The van der Waals surface area contributed by atoms with E-state index in [1.54, 1.807) is 67.5 Å². The fourth-order valence-corrected chi connectivity index (χ4v) is 5.94. The quantitative estimate of drug-likeness (QED) is 0.339. The summed E-state index contributed by atoms with van der Waals surface area (Å²) in [5.74, 6) is -2.84. The first-order valence-electron chi connectivity index (χ1n) is 13.1. The van der Waals surface area contributed by atoms with E-state index in [0.717, 1.165) is 11.6 Å². The molecule has 214 valence electrons. The normalized spacial score (nSPS) is 17.0. The van der Waals surface area contributed by atoms with Gasteiger partial charge in [-0.3, -0.25) is 9.78 Å². The lowest BCUT2D eigenvalue weighted by atomic mass is 10.0. The summed E-state index contributed by atoms with van der Waals surface area (Å²) in [5, 5.41) is 6.26. The highest BCUT2D eigenvalue weighted by Crippen LogP contribution is 2.31.